The van der Waals surface area contributed by atoms with Gasteiger partial charge in [-0.15, -0.1) is 0 Å². The maximum Gasteiger partial charge on any atom is 0.255 e. The highest BCUT2D eigenvalue weighted by Crippen LogP contribution is 2.53. The number of piperidine rings is 1. The number of likely N-dealkylation sites (tertiary alicyclic amines) is 1. The van der Waals surface area contributed by atoms with Gasteiger partial charge >= 0.3 is 0 Å². The molecule has 4 aliphatic rings. The molecule has 1 saturated heterocycles. The number of phenols is 1. The molecule has 0 unspecified atom stereocenters. The molecule has 1 aliphatic heterocycles. The summed E-state index contributed by atoms with van der Waals surface area (Å²) in [6.45, 7) is 1.80. The summed E-state index contributed by atoms with van der Waals surface area (Å²) in [6, 6.07) is 1.64. The molecule has 1 aromatic carbocycles. The second-order valence-corrected chi connectivity index (χ2v) is 11.2. The molecule has 6 N–H and O–H groups in total. The van der Waals surface area contributed by atoms with E-state index in [2.05, 4.69) is 4.90 Å². The minimum atomic E-state index is -2.69. The predicted molar refractivity (Wildman–Crippen MR) is 139 cm³/mol. The van der Waals surface area contributed by atoms with Crippen molar-refractivity contribution in [3.63, 3.8) is 0 Å². The van der Waals surface area contributed by atoms with Crippen LogP contribution in [-0.4, -0.2) is 98.9 Å². The maximum absolute atomic E-state index is 13.9. The van der Waals surface area contributed by atoms with E-state index in [-0.39, 0.29) is 42.1 Å². The zero-order valence-corrected chi connectivity index (χ0v) is 21.9. The van der Waals surface area contributed by atoms with Crippen molar-refractivity contribution in [2.24, 2.45) is 17.6 Å². The number of carbonyl (C=O) groups excluding carboxylic acids is 4. The highest BCUT2D eigenvalue weighted by molar-refractivity contribution is 6.24. The van der Waals surface area contributed by atoms with Crippen LogP contribution in [0.3, 0.4) is 0 Å². The van der Waals surface area contributed by atoms with Gasteiger partial charge in [0.15, 0.2) is 17.2 Å². The molecule has 1 heterocycles. The first-order valence-corrected chi connectivity index (χ1v) is 13.1. The monoisotopic (exact) mass is 539 g/mol. The molecular weight excluding hydrogens is 506 g/mol. The van der Waals surface area contributed by atoms with Crippen LogP contribution in [-0.2, 0) is 20.8 Å². The molecule has 1 amide bonds. The lowest BCUT2D eigenvalue weighted by atomic mass is 9.57. The van der Waals surface area contributed by atoms with Gasteiger partial charge in [-0.1, -0.05) is 6.42 Å². The second kappa shape index (κ2) is 9.58. The van der Waals surface area contributed by atoms with Crippen LogP contribution in [0.15, 0.2) is 29.0 Å². The Morgan fingerprint density at radius 2 is 1.77 bits per heavy atom. The molecule has 0 spiro atoms. The van der Waals surface area contributed by atoms with Crippen LogP contribution in [0.25, 0.3) is 5.76 Å². The van der Waals surface area contributed by atoms with Gasteiger partial charge in [0.05, 0.1) is 18.2 Å². The van der Waals surface area contributed by atoms with Crippen LogP contribution < -0.4 is 5.73 Å². The van der Waals surface area contributed by atoms with Gasteiger partial charge in [0.2, 0.25) is 5.78 Å². The number of aliphatic hydroxyl groups excluding tert-OH is 2. The van der Waals surface area contributed by atoms with Gasteiger partial charge in [-0.05, 0) is 76.5 Å². The molecular formula is C28H33N3O8. The Morgan fingerprint density at radius 1 is 1.10 bits per heavy atom. The molecule has 3 aliphatic carbocycles. The predicted octanol–water partition coefficient (Wildman–Crippen LogP) is 0.633. The van der Waals surface area contributed by atoms with Gasteiger partial charge in [-0.25, -0.2) is 0 Å². The first-order valence-electron chi connectivity index (χ1n) is 13.1. The van der Waals surface area contributed by atoms with Gasteiger partial charge in [0.25, 0.3) is 5.91 Å². The number of likely N-dealkylation sites (N-methyl/N-ethyl adjacent to an activating group) is 1. The Kier molecular flexibility index (Phi) is 6.64. The summed E-state index contributed by atoms with van der Waals surface area (Å²) in [5.74, 6) is -7.31. The molecule has 5 rings (SSSR count). The quantitative estimate of drug-likeness (QED) is 0.263. The number of rotatable bonds is 5. The van der Waals surface area contributed by atoms with E-state index in [0.29, 0.717) is 11.1 Å². The number of Topliss-reactive ketones (excluding diaryl/α,β-unsaturated/α-hetero) is 3. The highest BCUT2D eigenvalue weighted by atomic mass is 16.3. The normalized spacial score (nSPS) is 29.3. The van der Waals surface area contributed by atoms with Crippen molar-refractivity contribution in [3.05, 3.63) is 45.7 Å². The third-order valence-corrected chi connectivity index (χ3v) is 8.72. The van der Waals surface area contributed by atoms with Crippen LogP contribution in [0.4, 0.5) is 0 Å². The number of hydrogen-bond acceptors (Lipinski definition) is 10. The summed E-state index contributed by atoms with van der Waals surface area (Å²) >= 11 is 0. The summed E-state index contributed by atoms with van der Waals surface area (Å²) < 4.78 is 0. The van der Waals surface area contributed by atoms with Gasteiger partial charge in [0.1, 0.15) is 22.8 Å². The highest BCUT2D eigenvalue weighted by Gasteiger charge is 2.64. The second-order valence-electron chi connectivity index (χ2n) is 11.2. The van der Waals surface area contributed by atoms with E-state index in [9.17, 15) is 39.6 Å². The molecule has 0 radical (unpaired) electrons. The van der Waals surface area contributed by atoms with Gasteiger partial charge in [-0.3, -0.25) is 29.0 Å². The lowest BCUT2D eigenvalue weighted by molar-refractivity contribution is -0.153. The number of carbonyl (C=O) groups is 4. The van der Waals surface area contributed by atoms with Crippen LogP contribution in [0, 0.1) is 11.8 Å². The van der Waals surface area contributed by atoms with E-state index in [4.69, 9.17) is 5.73 Å². The Hall–Kier alpha value is -3.54. The average Bonchev–Trinajstić information content (AvgIpc) is 2.86. The van der Waals surface area contributed by atoms with Crippen LogP contribution in [0.5, 0.6) is 5.75 Å². The number of nitrogens with zero attached hydrogens (tertiary/aromatic N) is 2. The first kappa shape index (κ1) is 27.0. The van der Waals surface area contributed by atoms with Crippen molar-refractivity contribution in [2.75, 3.05) is 33.7 Å². The number of ketones is 3. The summed E-state index contributed by atoms with van der Waals surface area (Å²) in [7, 11) is 3.09. The number of aromatic hydroxyl groups is 1. The molecule has 4 atom stereocenters. The summed E-state index contributed by atoms with van der Waals surface area (Å²) in [5.41, 5.74) is 2.20. The van der Waals surface area contributed by atoms with Crippen molar-refractivity contribution in [3.8, 4) is 5.75 Å². The third-order valence-electron chi connectivity index (χ3n) is 8.72. The molecule has 208 valence electrons. The van der Waals surface area contributed by atoms with E-state index in [1.807, 2.05) is 0 Å². The Morgan fingerprint density at radius 3 is 2.38 bits per heavy atom. The maximum atomic E-state index is 13.9. The van der Waals surface area contributed by atoms with Crippen LogP contribution in [0.2, 0.25) is 0 Å². The fraction of sp³-hybridized carbons (Fsp3) is 0.500. The average molecular weight is 540 g/mol. The van der Waals surface area contributed by atoms with Crippen molar-refractivity contribution in [2.45, 2.75) is 43.7 Å². The lowest BCUT2D eigenvalue weighted by Crippen LogP contribution is -2.65. The molecule has 11 nitrogen and oxygen atoms in total. The summed E-state index contributed by atoms with van der Waals surface area (Å²) in [4.78, 5) is 56.0. The molecule has 11 heteroatoms. The number of phenolic OH excluding ortho intramolecular Hbond substituents is 1. The van der Waals surface area contributed by atoms with Crippen molar-refractivity contribution in [1.82, 2.24) is 9.80 Å². The summed E-state index contributed by atoms with van der Waals surface area (Å²) in [6.07, 6.45) is 3.19. The molecule has 1 aromatic rings. The zero-order chi connectivity index (χ0) is 28.4. The van der Waals surface area contributed by atoms with Crippen molar-refractivity contribution in [1.29, 1.82) is 0 Å². The molecule has 1 saturated carbocycles. The Labute approximate surface area is 225 Å². The number of aliphatic hydroxyl groups is 3. The van der Waals surface area contributed by atoms with Crippen molar-refractivity contribution >= 4 is 29.0 Å². The smallest absolute Gasteiger partial charge is 0.255 e. The Balaban J connectivity index is 1.63. The first-order chi connectivity index (χ1) is 18.4. The fourth-order valence-electron chi connectivity index (χ4n) is 6.91. The van der Waals surface area contributed by atoms with E-state index in [1.165, 1.54) is 17.0 Å². The Bertz CT molecular complexity index is 1360. The number of amides is 1. The standard InChI is InChI=1S/C28H33N3O8/c1-30(2)22-16-11-13-10-15-14(18(33)12-31-8-4-3-5-9-31)6-7-17(32)20(15)23(34)19(13)25(36)28(16,39)26(37)21(24(22)35)27(29)38/h6-7,13,16,22,32,34,37,39H,3-5,8-12H2,1-2H3,(H2,29,38)/t13-,16-,22-,28-/m1/s1. The molecule has 2 fully saturated rings. The molecule has 0 bridgehead atoms. The van der Waals surface area contributed by atoms with E-state index in [1.54, 1.807) is 14.1 Å². The van der Waals surface area contributed by atoms with Crippen LogP contribution >= 0.6 is 0 Å². The summed E-state index contributed by atoms with van der Waals surface area (Å²) in [5, 5.41) is 44.6. The zero-order valence-electron chi connectivity index (χ0n) is 21.9. The third kappa shape index (κ3) is 3.98. The number of fused-ring (bicyclic) bond motifs is 3. The van der Waals surface area contributed by atoms with E-state index < -0.39 is 58.0 Å². The van der Waals surface area contributed by atoms with Gasteiger partial charge in [0, 0.05) is 17.1 Å². The van der Waals surface area contributed by atoms with E-state index in [0.717, 1.165) is 32.4 Å². The largest absolute Gasteiger partial charge is 0.508 e. The van der Waals surface area contributed by atoms with Gasteiger partial charge in [-0.2, -0.15) is 0 Å². The number of hydrogen-bond donors (Lipinski definition) is 5. The minimum Gasteiger partial charge on any atom is -0.508 e. The lowest BCUT2D eigenvalue weighted by Gasteiger charge is -2.50. The number of nitrogens with two attached hydrogens (primary N) is 1. The van der Waals surface area contributed by atoms with Gasteiger partial charge < -0.3 is 26.2 Å². The number of primary amides is 1. The SMILES string of the molecule is CN(C)[C@H]1C(=O)C(C(N)=O)=C(O)[C@]2(O)C(=O)C3=C(O)c4c(O)ccc(C(=O)CN5CCCCC5)c4C[C@@H]3C[C@H]12. The van der Waals surface area contributed by atoms with Crippen LogP contribution in [0.1, 0.15) is 47.2 Å². The molecule has 39 heavy (non-hydrogen) atoms. The van der Waals surface area contributed by atoms with E-state index >= 15 is 0 Å². The topological polar surface area (TPSA) is 182 Å². The number of benzene rings is 1. The minimum absolute atomic E-state index is 0.0266. The van der Waals surface area contributed by atoms with Crippen molar-refractivity contribution < 1.29 is 39.6 Å². The fourth-order valence-corrected chi connectivity index (χ4v) is 6.91. The molecule has 0 aromatic heterocycles.